The van der Waals surface area contributed by atoms with Crippen LogP contribution < -0.4 is 5.43 Å². The van der Waals surface area contributed by atoms with Gasteiger partial charge in [-0.3, -0.25) is 5.43 Å². The van der Waals surface area contributed by atoms with Crippen molar-refractivity contribution in [3.05, 3.63) is 24.4 Å². The fraction of sp³-hybridized carbons (Fsp3) is 0.455. The Bertz CT molecular complexity index is 389. The van der Waals surface area contributed by atoms with E-state index in [1.54, 1.807) is 24.4 Å². The first-order chi connectivity index (χ1) is 9.06. The molecular weight excluding hydrogens is 254 g/mol. The number of nitrogens with one attached hydrogen (secondary N) is 1. The minimum Gasteiger partial charge on any atom is -0.394 e. The average Bonchev–Trinajstić information content (AvgIpc) is 2.45. The SMILES string of the molecule is OC[C@@H](O)[C@@H](O)[C@H](O)[C@@H](O)C=NNc1ccccn1. The zero-order chi connectivity index (χ0) is 14.3. The highest BCUT2D eigenvalue weighted by atomic mass is 16.4. The molecule has 0 aliphatic carbocycles. The second-order valence-electron chi connectivity index (χ2n) is 3.83. The molecule has 8 nitrogen and oxygen atoms in total. The summed E-state index contributed by atoms with van der Waals surface area (Å²) in [6, 6.07) is 5.10. The van der Waals surface area contributed by atoms with Gasteiger partial charge < -0.3 is 25.5 Å². The van der Waals surface area contributed by atoms with Gasteiger partial charge in [0.15, 0.2) is 0 Å². The molecule has 6 N–H and O–H groups in total. The topological polar surface area (TPSA) is 138 Å². The quantitative estimate of drug-likeness (QED) is 0.247. The van der Waals surface area contributed by atoms with Crippen molar-refractivity contribution in [3.63, 3.8) is 0 Å². The van der Waals surface area contributed by atoms with Crippen LogP contribution in [-0.2, 0) is 0 Å². The average molecular weight is 271 g/mol. The molecule has 1 aromatic rings. The van der Waals surface area contributed by atoms with E-state index in [2.05, 4.69) is 15.5 Å². The molecule has 0 aliphatic heterocycles. The smallest absolute Gasteiger partial charge is 0.146 e. The Balaban J connectivity index is 2.47. The van der Waals surface area contributed by atoms with Gasteiger partial charge in [-0.05, 0) is 12.1 Å². The Hall–Kier alpha value is -1.58. The van der Waals surface area contributed by atoms with Crippen molar-refractivity contribution in [1.82, 2.24) is 4.98 Å². The van der Waals surface area contributed by atoms with Crippen molar-refractivity contribution in [2.75, 3.05) is 12.0 Å². The zero-order valence-corrected chi connectivity index (χ0v) is 10.0. The molecule has 0 aliphatic rings. The molecule has 0 saturated heterocycles. The predicted molar refractivity (Wildman–Crippen MR) is 67.5 cm³/mol. The second-order valence-corrected chi connectivity index (χ2v) is 3.83. The molecule has 0 bridgehead atoms. The number of aromatic nitrogens is 1. The van der Waals surface area contributed by atoms with Gasteiger partial charge in [0, 0.05) is 6.20 Å². The lowest BCUT2D eigenvalue weighted by Crippen LogP contribution is -2.46. The summed E-state index contributed by atoms with van der Waals surface area (Å²) >= 11 is 0. The summed E-state index contributed by atoms with van der Waals surface area (Å²) in [5.74, 6) is 0.441. The van der Waals surface area contributed by atoms with Gasteiger partial charge in [-0.15, -0.1) is 0 Å². The first-order valence-electron chi connectivity index (χ1n) is 5.59. The summed E-state index contributed by atoms with van der Waals surface area (Å²) < 4.78 is 0. The van der Waals surface area contributed by atoms with Crippen LogP contribution in [0.25, 0.3) is 0 Å². The van der Waals surface area contributed by atoms with Crippen molar-refractivity contribution < 1.29 is 25.5 Å². The van der Waals surface area contributed by atoms with Crippen LogP contribution in [0.1, 0.15) is 0 Å². The first kappa shape index (κ1) is 15.5. The third kappa shape index (κ3) is 4.89. The third-order valence-corrected chi connectivity index (χ3v) is 2.35. The van der Waals surface area contributed by atoms with Gasteiger partial charge in [0.2, 0.25) is 0 Å². The lowest BCUT2D eigenvalue weighted by molar-refractivity contribution is -0.0999. The molecule has 19 heavy (non-hydrogen) atoms. The lowest BCUT2D eigenvalue weighted by Gasteiger charge is -2.23. The van der Waals surface area contributed by atoms with E-state index in [1.165, 1.54) is 0 Å². The molecule has 4 atom stereocenters. The van der Waals surface area contributed by atoms with E-state index < -0.39 is 31.0 Å². The maximum atomic E-state index is 9.50. The second kappa shape index (κ2) is 7.77. The van der Waals surface area contributed by atoms with Crippen LogP contribution in [-0.4, -0.2) is 67.8 Å². The van der Waals surface area contributed by atoms with Gasteiger partial charge in [0.1, 0.15) is 30.2 Å². The normalized spacial score (nSPS) is 17.9. The maximum absolute atomic E-state index is 9.50. The molecule has 1 heterocycles. The van der Waals surface area contributed by atoms with E-state index in [-0.39, 0.29) is 0 Å². The number of anilines is 1. The number of hydrogen-bond acceptors (Lipinski definition) is 8. The monoisotopic (exact) mass is 271 g/mol. The highest BCUT2D eigenvalue weighted by Gasteiger charge is 2.29. The van der Waals surface area contributed by atoms with Crippen LogP contribution in [0.3, 0.4) is 0 Å². The van der Waals surface area contributed by atoms with Crippen molar-refractivity contribution in [2.24, 2.45) is 5.10 Å². The van der Waals surface area contributed by atoms with Gasteiger partial charge in [0.05, 0.1) is 12.8 Å². The summed E-state index contributed by atoms with van der Waals surface area (Å²) in [6.45, 7) is -0.728. The Morgan fingerprint density at radius 1 is 1.21 bits per heavy atom. The summed E-state index contributed by atoms with van der Waals surface area (Å²) in [5.41, 5.74) is 2.51. The Kier molecular flexibility index (Phi) is 6.33. The van der Waals surface area contributed by atoms with Crippen LogP contribution >= 0.6 is 0 Å². The van der Waals surface area contributed by atoms with Crippen LogP contribution in [0.15, 0.2) is 29.5 Å². The summed E-state index contributed by atoms with van der Waals surface area (Å²) in [6.07, 6.45) is -3.90. The fourth-order valence-corrected chi connectivity index (χ4v) is 1.23. The largest absolute Gasteiger partial charge is 0.394 e. The highest BCUT2D eigenvalue weighted by Crippen LogP contribution is 2.04. The maximum Gasteiger partial charge on any atom is 0.146 e. The van der Waals surface area contributed by atoms with E-state index in [0.717, 1.165) is 6.21 Å². The van der Waals surface area contributed by atoms with Gasteiger partial charge in [-0.1, -0.05) is 6.07 Å². The number of pyridine rings is 1. The van der Waals surface area contributed by atoms with Gasteiger partial charge in [-0.25, -0.2) is 4.98 Å². The summed E-state index contributed by atoms with van der Waals surface area (Å²) in [7, 11) is 0. The summed E-state index contributed by atoms with van der Waals surface area (Å²) in [4.78, 5) is 3.91. The van der Waals surface area contributed by atoms with Gasteiger partial charge >= 0.3 is 0 Å². The number of aliphatic hydroxyl groups is 5. The van der Waals surface area contributed by atoms with Crippen molar-refractivity contribution in [2.45, 2.75) is 24.4 Å². The molecular formula is C11H17N3O5. The lowest BCUT2D eigenvalue weighted by atomic mass is 10.0. The van der Waals surface area contributed by atoms with E-state index in [9.17, 15) is 15.3 Å². The molecule has 8 heteroatoms. The zero-order valence-electron chi connectivity index (χ0n) is 10.0. The minimum absolute atomic E-state index is 0.441. The Labute approximate surface area is 109 Å². The molecule has 0 spiro atoms. The van der Waals surface area contributed by atoms with Gasteiger partial charge in [0.25, 0.3) is 0 Å². The molecule has 0 unspecified atom stereocenters. The molecule has 0 fully saturated rings. The number of rotatable bonds is 7. The van der Waals surface area contributed by atoms with Crippen molar-refractivity contribution in [3.8, 4) is 0 Å². The number of hydrogen-bond donors (Lipinski definition) is 6. The molecule has 0 amide bonds. The molecule has 0 radical (unpaired) electrons. The molecule has 1 rings (SSSR count). The molecule has 0 aromatic carbocycles. The van der Waals surface area contributed by atoms with Crippen LogP contribution in [0.2, 0.25) is 0 Å². The Morgan fingerprint density at radius 2 is 1.95 bits per heavy atom. The fourth-order valence-electron chi connectivity index (χ4n) is 1.23. The highest BCUT2D eigenvalue weighted by molar-refractivity contribution is 5.64. The number of hydrazone groups is 1. The van der Waals surface area contributed by atoms with Gasteiger partial charge in [-0.2, -0.15) is 5.10 Å². The number of nitrogens with zero attached hydrogens (tertiary/aromatic N) is 2. The first-order valence-corrected chi connectivity index (χ1v) is 5.59. The molecule has 1 aromatic heterocycles. The van der Waals surface area contributed by atoms with Crippen LogP contribution in [0, 0.1) is 0 Å². The standard InChI is InChI=1S/C11H17N3O5/c15-6-8(17)11(19)10(18)7(16)5-13-14-9-3-1-2-4-12-9/h1-5,7-8,10-11,15-19H,6H2,(H,12,14)/t7-,8+,10+,11+/m0/s1. The van der Waals surface area contributed by atoms with E-state index in [0.29, 0.717) is 5.82 Å². The van der Waals surface area contributed by atoms with E-state index in [4.69, 9.17) is 10.2 Å². The van der Waals surface area contributed by atoms with Crippen molar-refractivity contribution in [1.29, 1.82) is 0 Å². The van der Waals surface area contributed by atoms with E-state index >= 15 is 0 Å². The summed E-state index contributed by atoms with van der Waals surface area (Å²) in [5, 5.41) is 49.7. The van der Waals surface area contributed by atoms with Crippen LogP contribution in [0.4, 0.5) is 5.82 Å². The predicted octanol–water partition coefficient (Wildman–Crippen LogP) is -2.08. The van der Waals surface area contributed by atoms with E-state index in [1.807, 2.05) is 0 Å². The third-order valence-electron chi connectivity index (χ3n) is 2.35. The molecule has 0 saturated carbocycles. The number of aliphatic hydroxyl groups excluding tert-OH is 5. The van der Waals surface area contributed by atoms with Crippen molar-refractivity contribution >= 4 is 12.0 Å². The van der Waals surface area contributed by atoms with Crippen LogP contribution in [0.5, 0.6) is 0 Å². The Morgan fingerprint density at radius 3 is 2.53 bits per heavy atom. The molecule has 106 valence electrons. The minimum atomic E-state index is -1.68.